The normalized spacial score (nSPS) is 18.9. The van der Waals surface area contributed by atoms with Crippen molar-refractivity contribution < 1.29 is 19.1 Å². The Labute approximate surface area is 239 Å². The summed E-state index contributed by atoms with van der Waals surface area (Å²) < 4.78 is 5.85. The summed E-state index contributed by atoms with van der Waals surface area (Å²) >= 11 is 0. The number of rotatable bonds is 6. The molecule has 8 heteroatoms. The Balaban J connectivity index is 1.11. The number of piperazine rings is 1. The van der Waals surface area contributed by atoms with E-state index in [1.807, 2.05) is 85.2 Å². The van der Waals surface area contributed by atoms with E-state index >= 15 is 0 Å². The van der Waals surface area contributed by atoms with Crippen molar-refractivity contribution in [3.8, 4) is 11.5 Å². The minimum Gasteiger partial charge on any atom is -0.457 e. The molecule has 0 aliphatic carbocycles. The number of nitrogens with one attached hydrogen (secondary N) is 2. The van der Waals surface area contributed by atoms with Gasteiger partial charge >= 0.3 is 0 Å². The van der Waals surface area contributed by atoms with Gasteiger partial charge in [0.25, 0.3) is 11.8 Å². The Morgan fingerprint density at radius 2 is 1.49 bits per heavy atom. The van der Waals surface area contributed by atoms with Gasteiger partial charge in [-0.05, 0) is 60.4 Å². The third kappa shape index (κ3) is 5.29. The number of carbonyl (C=O) groups excluding carboxylic acids is 3. The van der Waals surface area contributed by atoms with Crippen LogP contribution in [0.3, 0.4) is 0 Å². The fraction of sp³-hybridized carbons (Fsp3) is 0.303. The van der Waals surface area contributed by atoms with Crippen molar-refractivity contribution in [1.29, 1.82) is 0 Å². The summed E-state index contributed by atoms with van der Waals surface area (Å²) in [5.74, 6) is 0.934. The Bertz CT molecular complexity index is 1560. The molecule has 4 aromatic rings. The van der Waals surface area contributed by atoms with E-state index in [1.54, 1.807) is 30.3 Å². The zero-order valence-electron chi connectivity index (χ0n) is 23.5. The van der Waals surface area contributed by atoms with E-state index in [0.717, 1.165) is 23.1 Å². The van der Waals surface area contributed by atoms with Gasteiger partial charge in [0.1, 0.15) is 23.2 Å². The van der Waals surface area contributed by atoms with Gasteiger partial charge in [-0.15, -0.1) is 0 Å². The first-order valence-electron chi connectivity index (χ1n) is 14.0. The van der Waals surface area contributed by atoms with Gasteiger partial charge in [0.2, 0.25) is 5.91 Å². The molecule has 2 aliphatic heterocycles. The van der Waals surface area contributed by atoms with Crippen molar-refractivity contribution in [1.82, 2.24) is 20.1 Å². The van der Waals surface area contributed by atoms with Crippen LogP contribution in [0.15, 0.2) is 84.9 Å². The second-order valence-electron chi connectivity index (χ2n) is 12.0. The molecule has 41 heavy (non-hydrogen) atoms. The quantitative estimate of drug-likeness (QED) is 0.344. The molecule has 2 aliphatic rings. The smallest absolute Gasteiger partial charge is 0.268 e. The predicted molar refractivity (Wildman–Crippen MR) is 157 cm³/mol. The molecule has 3 atom stereocenters. The van der Waals surface area contributed by atoms with Crippen LogP contribution in [0, 0.1) is 5.41 Å². The third-order valence-electron chi connectivity index (χ3n) is 8.03. The van der Waals surface area contributed by atoms with Crippen LogP contribution in [0.5, 0.6) is 11.5 Å². The highest BCUT2D eigenvalue weighted by Gasteiger charge is 2.49. The van der Waals surface area contributed by atoms with Crippen LogP contribution in [-0.4, -0.2) is 63.7 Å². The van der Waals surface area contributed by atoms with Gasteiger partial charge < -0.3 is 24.8 Å². The molecule has 2 N–H and O–H groups in total. The number of fused-ring (bicyclic) bond motifs is 3. The molecule has 0 spiro atoms. The highest BCUT2D eigenvalue weighted by atomic mass is 16.5. The third-order valence-corrected chi connectivity index (χ3v) is 8.03. The molecule has 0 radical (unpaired) electrons. The van der Waals surface area contributed by atoms with E-state index in [-0.39, 0.29) is 29.8 Å². The highest BCUT2D eigenvalue weighted by Crippen LogP contribution is 2.34. The van der Waals surface area contributed by atoms with Gasteiger partial charge in [0.15, 0.2) is 0 Å². The molecule has 2 saturated heterocycles. The van der Waals surface area contributed by atoms with Crippen molar-refractivity contribution in [2.24, 2.45) is 5.41 Å². The van der Waals surface area contributed by atoms with Gasteiger partial charge in [-0.25, -0.2) is 0 Å². The first-order chi connectivity index (χ1) is 19.7. The van der Waals surface area contributed by atoms with Crippen LogP contribution in [0.4, 0.5) is 0 Å². The number of H-pyrrole nitrogens is 1. The van der Waals surface area contributed by atoms with Crippen molar-refractivity contribution in [2.45, 2.75) is 45.3 Å². The maximum absolute atomic E-state index is 13.8. The van der Waals surface area contributed by atoms with E-state index < -0.39 is 11.5 Å². The maximum Gasteiger partial charge on any atom is 0.268 e. The summed E-state index contributed by atoms with van der Waals surface area (Å²) in [6, 6.07) is 25.3. The van der Waals surface area contributed by atoms with E-state index in [9.17, 15) is 14.4 Å². The number of hydrogen-bond donors (Lipinski definition) is 2. The van der Waals surface area contributed by atoms with Gasteiger partial charge in [0.05, 0.1) is 12.1 Å². The Morgan fingerprint density at radius 3 is 2.15 bits per heavy atom. The van der Waals surface area contributed by atoms with E-state index in [0.29, 0.717) is 30.1 Å². The van der Waals surface area contributed by atoms with Crippen molar-refractivity contribution >= 4 is 28.6 Å². The average Bonchev–Trinajstić information content (AvgIpc) is 3.70. The van der Waals surface area contributed by atoms with Gasteiger partial charge in [0, 0.05) is 29.6 Å². The number of para-hydroxylation sites is 2. The summed E-state index contributed by atoms with van der Waals surface area (Å²) in [4.78, 5) is 47.3. The molecule has 3 amide bonds. The first-order valence-corrected chi connectivity index (χ1v) is 14.0. The lowest BCUT2D eigenvalue weighted by atomic mass is 9.85. The molecule has 3 aromatic carbocycles. The molecular formula is C33H34N4O4. The molecule has 2 bridgehead atoms. The van der Waals surface area contributed by atoms with Crippen LogP contribution in [0.25, 0.3) is 10.9 Å². The number of benzene rings is 3. The fourth-order valence-corrected chi connectivity index (χ4v) is 5.86. The molecule has 1 aromatic heterocycles. The number of carbonyl (C=O) groups is 3. The number of hydrogen-bond acceptors (Lipinski definition) is 4. The van der Waals surface area contributed by atoms with E-state index in [4.69, 9.17) is 4.74 Å². The standard InChI is InChI=1S/C33H34N4O4/c1-33(2,3)29(35-30(38)28-17-22-9-7-8-12-27(22)34-28)32(40)37-20-23-18-24(37)19-36(23)31(39)21-13-15-26(16-14-21)41-25-10-5-4-6-11-25/h4-17,23-24,29,34H,18-20H2,1-3H3,(H,35,38)/t23-,24-,29?/m0/s1. The molecule has 2 fully saturated rings. The zero-order chi connectivity index (χ0) is 28.7. The lowest BCUT2D eigenvalue weighted by Gasteiger charge is -2.39. The largest absolute Gasteiger partial charge is 0.457 e. The zero-order valence-corrected chi connectivity index (χ0v) is 23.5. The SMILES string of the molecule is CC(C)(C)C(NC(=O)c1cc2ccccc2[nH]1)C(=O)N1C[C@@H]2C[C@H]1CN2C(=O)c1ccc(Oc2ccccc2)cc1. The molecular weight excluding hydrogens is 516 g/mol. The average molecular weight is 551 g/mol. The summed E-state index contributed by atoms with van der Waals surface area (Å²) in [5, 5.41) is 3.94. The number of aromatic amines is 1. The fourth-order valence-electron chi connectivity index (χ4n) is 5.86. The number of ether oxygens (including phenoxy) is 1. The van der Waals surface area contributed by atoms with E-state index in [2.05, 4.69) is 10.3 Å². The predicted octanol–water partition coefficient (Wildman–Crippen LogP) is 5.23. The molecule has 8 nitrogen and oxygen atoms in total. The van der Waals surface area contributed by atoms with Gasteiger partial charge in [-0.2, -0.15) is 0 Å². The number of amides is 3. The molecule has 1 unspecified atom stereocenters. The van der Waals surface area contributed by atoms with Crippen molar-refractivity contribution in [3.05, 3.63) is 96.2 Å². The number of nitrogens with zero attached hydrogens (tertiary/aromatic N) is 2. The minimum atomic E-state index is -0.706. The van der Waals surface area contributed by atoms with E-state index in [1.165, 1.54) is 0 Å². The summed E-state index contributed by atoms with van der Waals surface area (Å²) in [6.45, 7) is 6.80. The van der Waals surface area contributed by atoms with Crippen LogP contribution >= 0.6 is 0 Å². The molecule has 0 saturated carbocycles. The number of likely N-dealkylation sites (tertiary alicyclic amines) is 2. The maximum atomic E-state index is 13.8. The van der Waals surface area contributed by atoms with Crippen molar-refractivity contribution in [3.63, 3.8) is 0 Å². The second kappa shape index (κ2) is 10.4. The molecule has 3 heterocycles. The Hall–Kier alpha value is -4.59. The minimum absolute atomic E-state index is 0.0460. The molecule has 6 rings (SSSR count). The summed E-state index contributed by atoms with van der Waals surface area (Å²) in [5.41, 5.74) is 1.39. The van der Waals surface area contributed by atoms with Crippen LogP contribution < -0.4 is 10.1 Å². The first kappa shape index (κ1) is 26.6. The van der Waals surface area contributed by atoms with Gasteiger partial charge in [-0.1, -0.05) is 57.2 Å². The highest BCUT2D eigenvalue weighted by molar-refractivity contribution is 6.00. The Kier molecular flexibility index (Phi) is 6.77. The monoisotopic (exact) mass is 550 g/mol. The van der Waals surface area contributed by atoms with Gasteiger partial charge in [-0.3, -0.25) is 14.4 Å². The topological polar surface area (TPSA) is 94.7 Å². The van der Waals surface area contributed by atoms with Crippen LogP contribution in [0.1, 0.15) is 48.0 Å². The van der Waals surface area contributed by atoms with Crippen LogP contribution in [-0.2, 0) is 4.79 Å². The summed E-state index contributed by atoms with van der Waals surface area (Å²) in [6.07, 6.45) is 0.736. The summed E-state index contributed by atoms with van der Waals surface area (Å²) in [7, 11) is 0. The Morgan fingerprint density at radius 1 is 0.854 bits per heavy atom. The van der Waals surface area contributed by atoms with Crippen LogP contribution in [0.2, 0.25) is 0 Å². The second-order valence-corrected chi connectivity index (χ2v) is 12.0. The lowest BCUT2D eigenvalue weighted by Crippen LogP contribution is -2.59. The lowest BCUT2D eigenvalue weighted by molar-refractivity contribution is -0.138. The molecule has 210 valence electrons. The number of aromatic nitrogens is 1. The van der Waals surface area contributed by atoms with Crippen molar-refractivity contribution in [2.75, 3.05) is 13.1 Å².